The molecule has 0 saturated heterocycles. The second kappa shape index (κ2) is 7.87. The molecule has 0 fully saturated rings. The molecule has 1 amide bonds. The molecule has 0 aliphatic heterocycles. The lowest BCUT2D eigenvalue weighted by molar-refractivity contribution is -0.120. The summed E-state index contributed by atoms with van der Waals surface area (Å²) in [4.78, 5) is 19.8. The Morgan fingerprint density at radius 2 is 1.67 bits per heavy atom. The van der Waals surface area contributed by atoms with Crippen LogP contribution in [0.2, 0.25) is 0 Å². The van der Waals surface area contributed by atoms with Crippen molar-refractivity contribution in [3.05, 3.63) is 42.7 Å². The van der Waals surface area contributed by atoms with Crippen molar-refractivity contribution < 1.29 is 13.2 Å². The van der Waals surface area contributed by atoms with Crippen LogP contribution in [0.3, 0.4) is 0 Å². The zero-order valence-corrected chi connectivity index (χ0v) is 14.4. The van der Waals surface area contributed by atoms with E-state index in [9.17, 15) is 13.2 Å². The quantitative estimate of drug-likeness (QED) is 0.801. The molecule has 8 heteroatoms. The Labute approximate surface area is 141 Å². The highest BCUT2D eigenvalue weighted by molar-refractivity contribution is 7.92. The van der Waals surface area contributed by atoms with Gasteiger partial charge < -0.3 is 5.32 Å². The fraction of sp³-hybridized carbons (Fsp3) is 0.312. The Morgan fingerprint density at radius 3 is 2.21 bits per heavy atom. The van der Waals surface area contributed by atoms with Crippen molar-refractivity contribution >= 4 is 27.6 Å². The third-order valence-electron chi connectivity index (χ3n) is 3.58. The number of aromatic nitrogens is 2. The number of amides is 1. The Hall–Kier alpha value is -2.48. The lowest BCUT2D eigenvalue weighted by Crippen LogP contribution is -2.21. The van der Waals surface area contributed by atoms with Crippen LogP contribution >= 0.6 is 0 Å². The largest absolute Gasteiger partial charge is 0.326 e. The number of nitrogens with one attached hydrogen (secondary N) is 2. The molecule has 1 heterocycles. The molecular weight excluding hydrogens is 328 g/mol. The topological polar surface area (TPSA) is 101 Å². The molecule has 0 atom stereocenters. The van der Waals surface area contributed by atoms with Crippen molar-refractivity contribution in [3.8, 4) is 0 Å². The number of sulfonamides is 1. The summed E-state index contributed by atoms with van der Waals surface area (Å²) in [6.45, 7) is 3.92. The highest BCUT2D eigenvalue weighted by atomic mass is 32.2. The highest BCUT2D eigenvalue weighted by Gasteiger charge is 2.17. The standard InChI is InChI=1S/C16H20N4O3S/c1-3-12(4-2)15(21)19-13-6-8-14(9-7-13)24(22,23)20-16-17-10-5-11-18-16/h5-12H,3-4H2,1-2H3,(H,19,21)(H,17,18,20). The van der Waals surface area contributed by atoms with E-state index in [1.165, 1.54) is 24.5 Å². The molecule has 128 valence electrons. The number of carbonyl (C=O) groups is 1. The van der Waals surface area contributed by atoms with Gasteiger partial charge in [-0.05, 0) is 43.2 Å². The van der Waals surface area contributed by atoms with Gasteiger partial charge in [0.2, 0.25) is 11.9 Å². The van der Waals surface area contributed by atoms with Gasteiger partial charge in [-0.15, -0.1) is 0 Å². The number of anilines is 2. The number of hydrogen-bond acceptors (Lipinski definition) is 5. The van der Waals surface area contributed by atoms with E-state index >= 15 is 0 Å². The molecule has 0 radical (unpaired) electrons. The molecule has 2 rings (SSSR count). The minimum absolute atomic E-state index is 0.00335. The maximum Gasteiger partial charge on any atom is 0.264 e. The zero-order chi connectivity index (χ0) is 17.6. The van der Waals surface area contributed by atoms with E-state index in [4.69, 9.17) is 0 Å². The van der Waals surface area contributed by atoms with Crippen LogP contribution in [-0.4, -0.2) is 24.3 Å². The second-order valence-corrected chi connectivity index (χ2v) is 6.89. The van der Waals surface area contributed by atoms with Crippen LogP contribution in [0.1, 0.15) is 26.7 Å². The smallest absolute Gasteiger partial charge is 0.264 e. The molecule has 0 saturated carbocycles. The molecule has 1 aromatic carbocycles. The van der Waals surface area contributed by atoms with Gasteiger partial charge in [0, 0.05) is 24.0 Å². The summed E-state index contributed by atoms with van der Waals surface area (Å²) in [6, 6.07) is 7.55. The predicted molar refractivity (Wildman–Crippen MR) is 92.0 cm³/mol. The average Bonchev–Trinajstić information content (AvgIpc) is 2.57. The first-order chi connectivity index (χ1) is 11.5. The van der Waals surface area contributed by atoms with Crippen molar-refractivity contribution in [2.45, 2.75) is 31.6 Å². The van der Waals surface area contributed by atoms with E-state index in [2.05, 4.69) is 20.0 Å². The van der Waals surface area contributed by atoms with Crippen LogP contribution in [0.25, 0.3) is 0 Å². The zero-order valence-electron chi connectivity index (χ0n) is 13.6. The predicted octanol–water partition coefficient (Wildman–Crippen LogP) is 2.65. The van der Waals surface area contributed by atoms with Gasteiger partial charge in [-0.2, -0.15) is 0 Å². The van der Waals surface area contributed by atoms with Gasteiger partial charge >= 0.3 is 0 Å². The van der Waals surface area contributed by atoms with Crippen LogP contribution in [0.4, 0.5) is 11.6 Å². The van der Waals surface area contributed by atoms with Gasteiger partial charge in [0.25, 0.3) is 10.0 Å². The fourth-order valence-electron chi connectivity index (χ4n) is 2.15. The van der Waals surface area contributed by atoms with Gasteiger partial charge in [-0.25, -0.2) is 23.1 Å². The van der Waals surface area contributed by atoms with Crippen molar-refractivity contribution in [3.63, 3.8) is 0 Å². The normalized spacial score (nSPS) is 11.3. The van der Waals surface area contributed by atoms with E-state index in [0.29, 0.717) is 5.69 Å². The third-order valence-corrected chi connectivity index (χ3v) is 4.92. The Kier molecular flexibility index (Phi) is 5.86. The molecule has 2 aromatic rings. The van der Waals surface area contributed by atoms with Gasteiger partial charge in [0.15, 0.2) is 0 Å². The van der Waals surface area contributed by atoms with Crippen LogP contribution in [0.15, 0.2) is 47.6 Å². The van der Waals surface area contributed by atoms with Crippen molar-refractivity contribution in [1.82, 2.24) is 9.97 Å². The molecule has 24 heavy (non-hydrogen) atoms. The monoisotopic (exact) mass is 348 g/mol. The first-order valence-corrected chi connectivity index (χ1v) is 9.15. The molecule has 0 aliphatic rings. The molecular formula is C16H20N4O3S. The first-order valence-electron chi connectivity index (χ1n) is 7.67. The number of nitrogens with zero attached hydrogens (tertiary/aromatic N) is 2. The summed E-state index contributed by atoms with van der Waals surface area (Å²) in [5.74, 6) is -0.111. The minimum Gasteiger partial charge on any atom is -0.326 e. The van der Waals surface area contributed by atoms with Gasteiger partial charge in [0.05, 0.1) is 4.90 Å². The van der Waals surface area contributed by atoms with Gasteiger partial charge in [0.1, 0.15) is 0 Å². The Morgan fingerprint density at radius 1 is 1.08 bits per heavy atom. The lowest BCUT2D eigenvalue weighted by Gasteiger charge is -2.13. The summed E-state index contributed by atoms with van der Waals surface area (Å²) in [5, 5.41) is 2.79. The summed E-state index contributed by atoms with van der Waals surface area (Å²) in [7, 11) is -3.77. The molecule has 0 aliphatic carbocycles. The van der Waals surface area contributed by atoms with E-state index in [1.807, 2.05) is 13.8 Å². The maximum absolute atomic E-state index is 12.3. The molecule has 2 N–H and O–H groups in total. The number of hydrogen-bond donors (Lipinski definition) is 2. The second-order valence-electron chi connectivity index (χ2n) is 5.20. The third kappa shape index (κ3) is 4.51. The van der Waals surface area contributed by atoms with E-state index in [1.54, 1.807) is 18.2 Å². The first kappa shape index (κ1) is 17.9. The molecule has 7 nitrogen and oxygen atoms in total. The maximum atomic E-state index is 12.3. The average molecular weight is 348 g/mol. The van der Waals surface area contributed by atoms with Crippen LogP contribution < -0.4 is 10.0 Å². The summed E-state index contributed by atoms with van der Waals surface area (Å²) in [6.07, 6.45) is 4.41. The molecule has 0 spiro atoms. The van der Waals surface area contributed by atoms with Gasteiger partial charge in [-0.3, -0.25) is 4.79 Å². The summed E-state index contributed by atoms with van der Waals surface area (Å²) >= 11 is 0. The Bertz CT molecular complexity index is 773. The summed E-state index contributed by atoms with van der Waals surface area (Å²) < 4.78 is 26.8. The highest BCUT2D eigenvalue weighted by Crippen LogP contribution is 2.18. The minimum atomic E-state index is -3.77. The fourth-order valence-corrected chi connectivity index (χ4v) is 3.11. The molecule has 0 unspecified atom stereocenters. The number of carbonyl (C=O) groups excluding carboxylic acids is 1. The van der Waals surface area contributed by atoms with E-state index < -0.39 is 10.0 Å². The SMILES string of the molecule is CCC(CC)C(=O)Nc1ccc(S(=O)(=O)Nc2ncccn2)cc1. The van der Waals surface area contributed by atoms with Gasteiger partial charge in [-0.1, -0.05) is 13.8 Å². The number of benzene rings is 1. The van der Waals surface area contributed by atoms with E-state index in [-0.39, 0.29) is 22.7 Å². The lowest BCUT2D eigenvalue weighted by atomic mass is 10.0. The van der Waals surface area contributed by atoms with Crippen molar-refractivity contribution in [2.75, 3.05) is 10.0 Å². The molecule has 0 bridgehead atoms. The van der Waals surface area contributed by atoms with Crippen LogP contribution in [-0.2, 0) is 14.8 Å². The number of rotatable bonds is 7. The van der Waals surface area contributed by atoms with Crippen LogP contribution in [0, 0.1) is 5.92 Å². The van der Waals surface area contributed by atoms with Crippen LogP contribution in [0.5, 0.6) is 0 Å². The summed E-state index contributed by atoms with van der Waals surface area (Å²) in [5.41, 5.74) is 0.557. The van der Waals surface area contributed by atoms with E-state index in [0.717, 1.165) is 12.8 Å². The molecule has 1 aromatic heterocycles. The van der Waals surface area contributed by atoms with Crippen molar-refractivity contribution in [1.29, 1.82) is 0 Å². The van der Waals surface area contributed by atoms with Crippen molar-refractivity contribution in [2.24, 2.45) is 5.92 Å². The Balaban J connectivity index is 2.10.